The number of allylic oxidation sites excluding steroid dienone is 6. The molecule has 0 aromatic heterocycles. The maximum absolute atomic E-state index is 12.7. The van der Waals surface area contributed by atoms with Gasteiger partial charge in [-0.1, -0.05) is 35.9 Å². The minimum atomic E-state index is -0.576. The third-order valence-electron chi connectivity index (χ3n) is 4.06. The van der Waals surface area contributed by atoms with E-state index in [-0.39, 0.29) is 22.7 Å². The SMILES string of the molecule is CC1=C(C(=O)c2ccc(Cl)cc2)C(=O)C2C=CC=CC2C1=O. The van der Waals surface area contributed by atoms with Gasteiger partial charge in [0.25, 0.3) is 0 Å². The van der Waals surface area contributed by atoms with Crippen LogP contribution in [0, 0.1) is 11.8 Å². The standard InChI is InChI=1S/C18H13ClO3/c1-10-15(17(21)11-6-8-12(19)9-7-11)18(22)14-5-3-2-4-13(14)16(10)20/h2-9,13-14H,1H3. The molecule has 0 bridgehead atoms. The molecule has 0 fully saturated rings. The summed E-state index contributed by atoms with van der Waals surface area (Å²) in [5.74, 6) is -1.94. The smallest absolute Gasteiger partial charge is 0.197 e. The van der Waals surface area contributed by atoms with Crippen LogP contribution in [0.1, 0.15) is 17.3 Å². The fourth-order valence-electron chi connectivity index (χ4n) is 2.86. The average molecular weight is 313 g/mol. The molecule has 1 aromatic rings. The number of Topliss-reactive ketones (excluding diaryl/α,β-unsaturated/α-hetero) is 3. The van der Waals surface area contributed by atoms with Gasteiger partial charge in [0.15, 0.2) is 17.3 Å². The molecule has 0 saturated heterocycles. The topological polar surface area (TPSA) is 51.2 Å². The van der Waals surface area contributed by atoms with Crippen molar-refractivity contribution in [1.82, 2.24) is 0 Å². The van der Waals surface area contributed by atoms with Crippen LogP contribution in [0.5, 0.6) is 0 Å². The van der Waals surface area contributed by atoms with Gasteiger partial charge < -0.3 is 0 Å². The molecule has 4 heteroatoms. The fraction of sp³-hybridized carbons (Fsp3) is 0.167. The lowest BCUT2D eigenvalue weighted by atomic mass is 9.71. The van der Waals surface area contributed by atoms with Gasteiger partial charge >= 0.3 is 0 Å². The van der Waals surface area contributed by atoms with Crippen LogP contribution in [0.4, 0.5) is 0 Å². The van der Waals surface area contributed by atoms with Gasteiger partial charge in [0, 0.05) is 16.2 Å². The molecule has 2 aliphatic rings. The van der Waals surface area contributed by atoms with Crippen LogP contribution in [0.15, 0.2) is 59.7 Å². The largest absolute Gasteiger partial charge is 0.294 e. The lowest BCUT2D eigenvalue weighted by molar-refractivity contribution is -0.127. The maximum atomic E-state index is 12.7. The van der Waals surface area contributed by atoms with E-state index in [9.17, 15) is 14.4 Å². The Labute approximate surface area is 133 Å². The van der Waals surface area contributed by atoms with Crippen molar-refractivity contribution in [3.05, 3.63) is 70.3 Å². The van der Waals surface area contributed by atoms with Gasteiger partial charge in [-0.2, -0.15) is 0 Å². The molecule has 110 valence electrons. The number of halogens is 1. The Bertz CT molecular complexity index is 766. The molecular formula is C18H13ClO3. The van der Waals surface area contributed by atoms with Gasteiger partial charge in [-0.3, -0.25) is 14.4 Å². The molecule has 0 heterocycles. The zero-order valence-corrected chi connectivity index (χ0v) is 12.6. The molecule has 0 aliphatic heterocycles. The molecule has 2 aliphatic carbocycles. The number of rotatable bonds is 2. The summed E-state index contributed by atoms with van der Waals surface area (Å²) >= 11 is 5.81. The monoisotopic (exact) mass is 312 g/mol. The van der Waals surface area contributed by atoms with E-state index < -0.39 is 17.6 Å². The van der Waals surface area contributed by atoms with E-state index in [1.54, 1.807) is 55.5 Å². The van der Waals surface area contributed by atoms with Crippen LogP contribution in [0.3, 0.4) is 0 Å². The van der Waals surface area contributed by atoms with Crippen LogP contribution in [-0.4, -0.2) is 17.3 Å². The van der Waals surface area contributed by atoms with E-state index in [2.05, 4.69) is 0 Å². The highest BCUT2D eigenvalue weighted by molar-refractivity contribution is 6.33. The number of carbonyl (C=O) groups excluding carboxylic acids is 3. The first-order valence-electron chi connectivity index (χ1n) is 6.95. The second-order valence-electron chi connectivity index (χ2n) is 5.39. The average Bonchev–Trinajstić information content (AvgIpc) is 2.53. The lowest BCUT2D eigenvalue weighted by Gasteiger charge is -2.28. The second kappa shape index (κ2) is 5.50. The summed E-state index contributed by atoms with van der Waals surface area (Å²) in [5.41, 5.74) is 0.591. The van der Waals surface area contributed by atoms with E-state index in [1.807, 2.05) is 0 Å². The first-order chi connectivity index (χ1) is 10.5. The Morgan fingerprint density at radius 2 is 1.50 bits per heavy atom. The zero-order chi connectivity index (χ0) is 15.9. The summed E-state index contributed by atoms with van der Waals surface area (Å²) in [5, 5.41) is 0.508. The molecule has 2 atom stereocenters. The van der Waals surface area contributed by atoms with Gasteiger partial charge in [0.1, 0.15) is 0 Å². The normalized spacial score (nSPS) is 23.7. The molecule has 0 spiro atoms. The summed E-state index contributed by atoms with van der Waals surface area (Å²) < 4.78 is 0. The van der Waals surface area contributed by atoms with Crippen LogP contribution >= 0.6 is 11.6 Å². The summed E-state index contributed by atoms with van der Waals surface area (Å²) in [6.45, 7) is 1.55. The van der Waals surface area contributed by atoms with E-state index in [0.29, 0.717) is 10.6 Å². The van der Waals surface area contributed by atoms with Crippen molar-refractivity contribution in [3.8, 4) is 0 Å². The molecule has 0 radical (unpaired) electrons. The molecule has 3 rings (SSSR count). The van der Waals surface area contributed by atoms with Crippen LogP contribution in [0.2, 0.25) is 5.02 Å². The second-order valence-corrected chi connectivity index (χ2v) is 5.82. The van der Waals surface area contributed by atoms with E-state index in [1.165, 1.54) is 0 Å². The Hall–Kier alpha value is -2.26. The molecule has 3 nitrogen and oxygen atoms in total. The summed E-state index contributed by atoms with van der Waals surface area (Å²) in [4.78, 5) is 37.7. The van der Waals surface area contributed by atoms with Crippen LogP contribution < -0.4 is 0 Å². The van der Waals surface area contributed by atoms with Crippen molar-refractivity contribution >= 4 is 29.0 Å². The molecular weight excluding hydrogens is 300 g/mol. The number of fused-ring (bicyclic) bond motifs is 1. The minimum Gasteiger partial charge on any atom is -0.294 e. The zero-order valence-electron chi connectivity index (χ0n) is 11.9. The predicted molar refractivity (Wildman–Crippen MR) is 83.8 cm³/mol. The molecule has 0 N–H and O–H groups in total. The van der Waals surface area contributed by atoms with E-state index in [0.717, 1.165) is 0 Å². The van der Waals surface area contributed by atoms with Crippen molar-refractivity contribution in [2.24, 2.45) is 11.8 Å². The molecule has 2 unspecified atom stereocenters. The summed E-state index contributed by atoms with van der Waals surface area (Å²) in [6.07, 6.45) is 6.90. The van der Waals surface area contributed by atoms with Crippen LogP contribution in [-0.2, 0) is 9.59 Å². The fourth-order valence-corrected chi connectivity index (χ4v) is 2.99. The third-order valence-corrected chi connectivity index (χ3v) is 4.32. The molecule has 22 heavy (non-hydrogen) atoms. The Morgan fingerprint density at radius 1 is 0.955 bits per heavy atom. The van der Waals surface area contributed by atoms with Gasteiger partial charge in [-0.25, -0.2) is 0 Å². The van der Waals surface area contributed by atoms with Crippen molar-refractivity contribution in [2.45, 2.75) is 6.92 Å². The van der Waals surface area contributed by atoms with E-state index >= 15 is 0 Å². The first-order valence-corrected chi connectivity index (χ1v) is 7.33. The van der Waals surface area contributed by atoms with Crippen molar-refractivity contribution in [3.63, 3.8) is 0 Å². The highest BCUT2D eigenvalue weighted by atomic mass is 35.5. The van der Waals surface area contributed by atoms with Gasteiger partial charge in [0.2, 0.25) is 0 Å². The maximum Gasteiger partial charge on any atom is 0.197 e. The molecule has 0 amide bonds. The lowest BCUT2D eigenvalue weighted by Crippen LogP contribution is -2.38. The number of carbonyl (C=O) groups is 3. The van der Waals surface area contributed by atoms with E-state index in [4.69, 9.17) is 11.6 Å². The minimum absolute atomic E-state index is 0.00600. The number of benzene rings is 1. The van der Waals surface area contributed by atoms with Gasteiger partial charge in [-0.15, -0.1) is 0 Å². The summed E-state index contributed by atoms with van der Waals surface area (Å²) in [6, 6.07) is 6.30. The predicted octanol–water partition coefficient (Wildman–Crippen LogP) is 3.35. The van der Waals surface area contributed by atoms with Crippen molar-refractivity contribution < 1.29 is 14.4 Å². The Balaban J connectivity index is 2.06. The number of hydrogen-bond acceptors (Lipinski definition) is 3. The van der Waals surface area contributed by atoms with Crippen molar-refractivity contribution in [2.75, 3.05) is 0 Å². The highest BCUT2D eigenvalue weighted by Gasteiger charge is 2.41. The molecule has 0 saturated carbocycles. The van der Waals surface area contributed by atoms with Gasteiger partial charge in [0.05, 0.1) is 17.4 Å². The molecule has 1 aromatic carbocycles. The summed E-state index contributed by atoms with van der Waals surface area (Å²) in [7, 11) is 0. The number of hydrogen-bond donors (Lipinski definition) is 0. The first kappa shape index (κ1) is 14.7. The highest BCUT2D eigenvalue weighted by Crippen LogP contribution is 2.34. The van der Waals surface area contributed by atoms with Crippen molar-refractivity contribution in [1.29, 1.82) is 0 Å². The third kappa shape index (κ3) is 2.28. The quantitative estimate of drug-likeness (QED) is 0.621. The number of ketones is 3. The Kier molecular flexibility index (Phi) is 3.67. The van der Waals surface area contributed by atoms with Crippen LogP contribution in [0.25, 0.3) is 0 Å². The Morgan fingerprint density at radius 3 is 2.09 bits per heavy atom. The van der Waals surface area contributed by atoms with Gasteiger partial charge in [-0.05, 0) is 31.2 Å².